The van der Waals surface area contributed by atoms with Crippen molar-refractivity contribution >= 4 is 40.2 Å². The molecule has 2 rings (SSSR count). The Morgan fingerprint density at radius 2 is 2.17 bits per heavy atom. The van der Waals surface area contributed by atoms with E-state index in [-0.39, 0.29) is 5.91 Å². The molecular formula is C12H11ClN2O2S. The van der Waals surface area contributed by atoms with E-state index in [0.717, 1.165) is 0 Å². The van der Waals surface area contributed by atoms with Crippen LogP contribution >= 0.6 is 22.9 Å². The highest BCUT2D eigenvalue weighted by molar-refractivity contribution is 7.18. The third-order valence-electron chi connectivity index (χ3n) is 2.30. The fourth-order valence-corrected chi connectivity index (χ4v) is 2.34. The van der Waals surface area contributed by atoms with E-state index in [2.05, 4.69) is 5.32 Å². The van der Waals surface area contributed by atoms with Gasteiger partial charge in [0, 0.05) is 6.07 Å². The third-order valence-corrected chi connectivity index (χ3v) is 3.53. The minimum atomic E-state index is -0.233. The Bertz CT molecular complexity index is 583. The SMILES string of the molecule is COc1ccc(NC(=O)c2ccc(Cl)s2)c(N)c1. The van der Waals surface area contributed by atoms with Crippen LogP contribution in [0.15, 0.2) is 30.3 Å². The number of carbonyl (C=O) groups is 1. The van der Waals surface area contributed by atoms with Crippen molar-refractivity contribution in [2.24, 2.45) is 0 Å². The van der Waals surface area contributed by atoms with Gasteiger partial charge in [0.05, 0.1) is 27.7 Å². The lowest BCUT2D eigenvalue weighted by Crippen LogP contribution is -2.11. The Morgan fingerprint density at radius 1 is 1.39 bits per heavy atom. The number of halogens is 1. The van der Waals surface area contributed by atoms with E-state index in [1.807, 2.05) is 0 Å². The van der Waals surface area contributed by atoms with Gasteiger partial charge in [-0.05, 0) is 24.3 Å². The quantitative estimate of drug-likeness (QED) is 0.850. The van der Waals surface area contributed by atoms with Crippen LogP contribution in [0.3, 0.4) is 0 Å². The average Bonchev–Trinajstić information content (AvgIpc) is 2.78. The summed E-state index contributed by atoms with van der Waals surface area (Å²) >= 11 is 6.99. The molecule has 94 valence electrons. The number of anilines is 2. The molecule has 1 aromatic carbocycles. The number of nitrogen functional groups attached to an aromatic ring is 1. The molecule has 1 heterocycles. The Morgan fingerprint density at radius 3 is 2.72 bits per heavy atom. The number of rotatable bonds is 3. The molecule has 1 aromatic heterocycles. The number of benzene rings is 1. The van der Waals surface area contributed by atoms with Gasteiger partial charge in [-0.15, -0.1) is 11.3 Å². The molecule has 18 heavy (non-hydrogen) atoms. The number of thiophene rings is 1. The number of methoxy groups -OCH3 is 1. The molecule has 6 heteroatoms. The Hall–Kier alpha value is -1.72. The molecule has 1 amide bonds. The van der Waals surface area contributed by atoms with Gasteiger partial charge in [0.2, 0.25) is 0 Å². The lowest BCUT2D eigenvalue weighted by Gasteiger charge is -2.08. The van der Waals surface area contributed by atoms with Gasteiger partial charge >= 0.3 is 0 Å². The molecular weight excluding hydrogens is 272 g/mol. The number of nitrogens with two attached hydrogens (primary N) is 1. The minimum absolute atomic E-state index is 0.233. The fraction of sp³-hybridized carbons (Fsp3) is 0.0833. The van der Waals surface area contributed by atoms with E-state index >= 15 is 0 Å². The van der Waals surface area contributed by atoms with Crippen molar-refractivity contribution in [3.63, 3.8) is 0 Å². The Balaban J connectivity index is 2.16. The van der Waals surface area contributed by atoms with Crippen molar-refractivity contribution in [3.8, 4) is 5.75 Å². The van der Waals surface area contributed by atoms with E-state index < -0.39 is 0 Å². The van der Waals surface area contributed by atoms with Gasteiger partial charge in [0.15, 0.2) is 0 Å². The summed E-state index contributed by atoms with van der Waals surface area (Å²) < 4.78 is 5.61. The fourth-order valence-electron chi connectivity index (χ4n) is 1.40. The summed E-state index contributed by atoms with van der Waals surface area (Å²) in [5.41, 5.74) is 6.81. The van der Waals surface area contributed by atoms with Crippen molar-refractivity contribution in [1.29, 1.82) is 0 Å². The molecule has 0 saturated heterocycles. The number of hydrogen-bond acceptors (Lipinski definition) is 4. The second-order valence-corrected chi connectivity index (χ2v) is 5.23. The lowest BCUT2D eigenvalue weighted by atomic mass is 10.2. The minimum Gasteiger partial charge on any atom is -0.497 e. The number of ether oxygens (including phenoxy) is 1. The number of amides is 1. The summed E-state index contributed by atoms with van der Waals surface area (Å²) in [4.78, 5) is 12.4. The normalized spacial score (nSPS) is 10.1. The maximum absolute atomic E-state index is 11.9. The molecule has 4 nitrogen and oxygen atoms in total. The summed E-state index contributed by atoms with van der Waals surface area (Å²) in [5.74, 6) is 0.411. The highest BCUT2D eigenvalue weighted by Crippen LogP contribution is 2.26. The molecule has 0 atom stereocenters. The molecule has 0 aliphatic heterocycles. The molecule has 0 saturated carbocycles. The summed E-state index contributed by atoms with van der Waals surface area (Å²) in [6, 6.07) is 8.42. The van der Waals surface area contributed by atoms with Crippen molar-refractivity contribution in [1.82, 2.24) is 0 Å². The molecule has 0 spiro atoms. The summed E-state index contributed by atoms with van der Waals surface area (Å²) in [5, 5.41) is 2.72. The number of nitrogens with one attached hydrogen (secondary N) is 1. The molecule has 0 aliphatic rings. The number of carbonyl (C=O) groups excluding carboxylic acids is 1. The van der Waals surface area contributed by atoms with Gasteiger partial charge in [-0.2, -0.15) is 0 Å². The van der Waals surface area contributed by atoms with Gasteiger partial charge in [-0.25, -0.2) is 0 Å². The van der Waals surface area contributed by atoms with E-state index in [9.17, 15) is 4.79 Å². The Kier molecular flexibility index (Phi) is 3.74. The summed E-state index contributed by atoms with van der Waals surface area (Å²) in [7, 11) is 1.56. The monoisotopic (exact) mass is 282 g/mol. The van der Waals surface area contributed by atoms with Gasteiger partial charge in [-0.3, -0.25) is 4.79 Å². The molecule has 3 N–H and O–H groups in total. The maximum Gasteiger partial charge on any atom is 0.265 e. The van der Waals surface area contributed by atoms with Gasteiger partial charge in [-0.1, -0.05) is 11.6 Å². The molecule has 2 aromatic rings. The first-order chi connectivity index (χ1) is 8.60. The number of hydrogen-bond donors (Lipinski definition) is 2. The van der Waals surface area contributed by atoms with Gasteiger partial charge in [0.1, 0.15) is 5.75 Å². The van der Waals surface area contributed by atoms with Crippen LogP contribution in [0.1, 0.15) is 9.67 Å². The second-order valence-electron chi connectivity index (χ2n) is 3.51. The second kappa shape index (κ2) is 5.29. The van der Waals surface area contributed by atoms with Crippen LogP contribution < -0.4 is 15.8 Å². The van der Waals surface area contributed by atoms with Crippen LogP contribution in [0.2, 0.25) is 4.34 Å². The van der Waals surface area contributed by atoms with Crippen LogP contribution in [0.5, 0.6) is 5.75 Å². The summed E-state index contributed by atoms with van der Waals surface area (Å²) in [6.07, 6.45) is 0. The highest BCUT2D eigenvalue weighted by atomic mass is 35.5. The highest BCUT2D eigenvalue weighted by Gasteiger charge is 2.10. The van der Waals surface area contributed by atoms with E-state index in [4.69, 9.17) is 22.1 Å². The molecule has 0 radical (unpaired) electrons. The largest absolute Gasteiger partial charge is 0.497 e. The first-order valence-corrected chi connectivity index (χ1v) is 6.30. The first-order valence-electron chi connectivity index (χ1n) is 5.10. The van der Waals surface area contributed by atoms with Crippen LogP contribution in [-0.2, 0) is 0 Å². The van der Waals surface area contributed by atoms with Crippen LogP contribution in [0.4, 0.5) is 11.4 Å². The predicted molar refractivity (Wildman–Crippen MR) is 74.7 cm³/mol. The van der Waals surface area contributed by atoms with Gasteiger partial charge in [0.25, 0.3) is 5.91 Å². The van der Waals surface area contributed by atoms with E-state index in [1.165, 1.54) is 11.3 Å². The zero-order valence-electron chi connectivity index (χ0n) is 9.57. The first kappa shape index (κ1) is 12.7. The van der Waals surface area contributed by atoms with Crippen LogP contribution in [-0.4, -0.2) is 13.0 Å². The van der Waals surface area contributed by atoms with Crippen molar-refractivity contribution < 1.29 is 9.53 Å². The van der Waals surface area contributed by atoms with Crippen LogP contribution in [0.25, 0.3) is 0 Å². The zero-order valence-corrected chi connectivity index (χ0v) is 11.1. The summed E-state index contributed by atoms with van der Waals surface area (Å²) in [6.45, 7) is 0. The zero-order chi connectivity index (χ0) is 13.1. The van der Waals surface area contributed by atoms with Crippen LogP contribution in [0, 0.1) is 0 Å². The lowest BCUT2D eigenvalue weighted by molar-refractivity contribution is 0.103. The molecule has 0 aliphatic carbocycles. The Labute approximate surface area is 113 Å². The molecule has 0 fully saturated rings. The van der Waals surface area contributed by atoms with Crippen molar-refractivity contribution in [3.05, 3.63) is 39.5 Å². The van der Waals surface area contributed by atoms with E-state index in [0.29, 0.717) is 26.3 Å². The average molecular weight is 283 g/mol. The molecule has 0 unspecified atom stereocenters. The van der Waals surface area contributed by atoms with Gasteiger partial charge < -0.3 is 15.8 Å². The smallest absolute Gasteiger partial charge is 0.265 e. The topological polar surface area (TPSA) is 64.3 Å². The molecule has 0 bridgehead atoms. The van der Waals surface area contributed by atoms with Crippen molar-refractivity contribution in [2.75, 3.05) is 18.2 Å². The van der Waals surface area contributed by atoms with E-state index in [1.54, 1.807) is 37.4 Å². The standard InChI is InChI=1S/C12H11ClN2O2S/c1-17-7-2-3-9(8(14)6-7)15-12(16)10-4-5-11(13)18-10/h2-6H,14H2,1H3,(H,15,16). The van der Waals surface area contributed by atoms with Crippen molar-refractivity contribution in [2.45, 2.75) is 0 Å². The third kappa shape index (κ3) is 2.75. The maximum atomic E-state index is 11.9. The predicted octanol–water partition coefficient (Wildman–Crippen LogP) is 3.24.